The van der Waals surface area contributed by atoms with Gasteiger partial charge in [0, 0.05) is 31.1 Å². The third kappa shape index (κ3) is 5.86. The average molecular weight is 464 g/mol. The van der Waals surface area contributed by atoms with Gasteiger partial charge in [0.25, 0.3) is 5.91 Å². The molecule has 1 aliphatic heterocycles. The fourth-order valence-electron chi connectivity index (χ4n) is 2.78. The van der Waals surface area contributed by atoms with Crippen molar-refractivity contribution in [2.24, 2.45) is 4.99 Å². The summed E-state index contributed by atoms with van der Waals surface area (Å²) in [7, 11) is 3.90. The maximum atomic E-state index is 13.1. The minimum atomic E-state index is -2.91. The van der Waals surface area contributed by atoms with Crippen LogP contribution in [0.25, 0.3) is 6.08 Å². The summed E-state index contributed by atoms with van der Waals surface area (Å²) in [5.41, 5.74) is 4.06. The van der Waals surface area contributed by atoms with Crippen molar-refractivity contribution in [3.8, 4) is 5.75 Å². The first-order valence-electron chi connectivity index (χ1n) is 9.24. The molecule has 0 N–H and O–H groups in total. The van der Waals surface area contributed by atoms with Crippen molar-refractivity contribution in [3.63, 3.8) is 0 Å². The summed E-state index contributed by atoms with van der Waals surface area (Å²) < 4.78 is 29.2. The highest BCUT2D eigenvalue weighted by Gasteiger charge is 2.31. The number of thioether (sulfide) groups is 1. The lowest BCUT2D eigenvalue weighted by atomic mass is 10.1. The van der Waals surface area contributed by atoms with Crippen molar-refractivity contribution in [2.45, 2.75) is 6.61 Å². The molecular formula is C22H20ClF2N3O2S. The number of nitrogens with zero attached hydrogens (tertiary/aromatic N) is 3. The zero-order valence-corrected chi connectivity index (χ0v) is 18.4. The zero-order chi connectivity index (χ0) is 22.4. The minimum absolute atomic E-state index is 0.0124. The predicted octanol–water partition coefficient (Wildman–Crippen LogP) is 5.58. The lowest BCUT2D eigenvalue weighted by molar-refractivity contribution is -0.113. The van der Waals surface area contributed by atoms with Gasteiger partial charge in [-0.2, -0.15) is 8.78 Å². The molecule has 5 nitrogen and oxygen atoms in total. The first kappa shape index (κ1) is 22.8. The predicted molar refractivity (Wildman–Crippen MR) is 124 cm³/mol. The molecule has 0 radical (unpaired) electrons. The van der Waals surface area contributed by atoms with E-state index in [1.165, 1.54) is 46.5 Å². The van der Waals surface area contributed by atoms with Gasteiger partial charge in [-0.15, -0.1) is 0 Å². The molecule has 31 heavy (non-hydrogen) atoms. The molecule has 0 aliphatic carbocycles. The summed E-state index contributed by atoms with van der Waals surface area (Å²) >= 11 is 6.93. The molecule has 0 saturated carbocycles. The molecule has 1 heterocycles. The summed E-state index contributed by atoms with van der Waals surface area (Å²) in [5, 5.41) is 0.471. The molecule has 1 amide bonds. The van der Waals surface area contributed by atoms with Crippen LogP contribution in [0.4, 0.5) is 20.2 Å². The molecule has 9 heteroatoms. The molecule has 2 aromatic rings. The smallest absolute Gasteiger partial charge is 0.387 e. The number of benzene rings is 2. The van der Waals surface area contributed by atoms with Crippen LogP contribution < -0.4 is 14.5 Å². The molecule has 0 spiro atoms. The van der Waals surface area contributed by atoms with Gasteiger partial charge in [0.05, 0.1) is 5.69 Å². The number of amides is 1. The Morgan fingerprint density at radius 2 is 1.84 bits per heavy atom. The first-order valence-corrected chi connectivity index (χ1v) is 10.7. The molecule has 0 saturated heterocycles. The molecule has 162 valence electrons. The third-order valence-corrected chi connectivity index (χ3v) is 5.33. The van der Waals surface area contributed by atoms with Gasteiger partial charge >= 0.3 is 6.61 Å². The fraction of sp³-hybridized carbons (Fsp3) is 0.182. The Morgan fingerprint density at radius 1 is 1.16 bits per heavy atom. The number of anilines is 2. The Bertz CT molecular complexity index is 1010. The van der Waals surface area contributed by atoms with E-state index in [9.17, 15) is 13.6 Å². The van der Waals surface area contributed by atoms with Crippen LogP contribution in [0.2, 0.25) is 0 Å². The number of amidine groups is 1. The summed E-state index contributed by atoms with van der Waals surface area (Å²) in [6, 6.07) is 13.6. The van der Waals surface area contributed by atoms with E-state index in [1.54, 1.807) is 12.2 Å². The van der Waals surface area contributed by atoms with Crippen LogP contribution in [0.5, 0.6) is 5.75 Å². The Morgan fingerprint density at radius 3 is 2.42 bits per heavy atom. The summed E-state index contributed by atoms with van der Waals surface area (Å²) in [4.78, 5) is 21.0. The van der Waals surface area contributed by atoms with Gasteiger partial charge in [0.15, 0.2) is 5.17 Å². The molecule has 0 fully saturated rings. The van der Waals surface area contributed by atoms with E-state index in [4.69, 9.17) is 11.6 Å². The number of ether oxygens (including phenoxy) is 1. The highest BCUT2D eigenvalue weighted by atomic mass is 35.5. The van der Waals surface area contributed by atoms with Crippen LogP contribution in [-0.2, 0) is 4.79 Å². The van der Waals surface area contributed by atoms with Gasteiger partial charge in [0.2, 0.25) is 0 Å². The highest BCUT2D eigenvalue weighted by molar-refractivity contribution is 8.14. The Balaban J connectivity index is 1.89. The SMILES string of the molecule is CN(C)c1ccc(/C=C2\N=C(SC/C=C/Cl)N(c3ccc(OC(F)F)cc3)C2=O)cc1. The van der Waals surface area contributed by atoms with Crippen molar-refractivity contribution in [2.75, 3.05) is 29.6 Å². The van der Waals surface area contributed by atoms with E-state index >= 15 is 0 Å². The number of carbonyl (C=O) groups excluding carboxylic acids is 1. The highest BCUT2D eigenvalue weighted by Crippen LogP contribution is 2.31. The standard InChI is InChI=1S/C22H20ClF2N3O2S/c1-27(2)16-6-4-15(5-7-16)14-19-20(29)28(22(26-19)31-13-3-12-23)17-8-10-18(11-9-17)30-21(24)25/h3-12,14,21H,13H2,1-2H3/b12-3+,19-14-. The summed E-state index contributed by atoms with van der Waals surface area (Å²) in [6.45, 7) is -2.91. The van der Waals surface area contributed by atoms with Gasteiger partial charge < -0.3 is 9.64 Å². The molecular weight excluding hydrogens is 444 g/mol. The number of hydrogen-bond donors (Lipinski definition) is 0. The second-order valence-electron chi connectivity index (χ2n) is 6.60. The normalized spacial score (nSPS) is 15.3. The maximum absolute atomic E-state index is 13.1. The first-order chi connectivity index (χ1) is 14.9. The Labute approximate surface area is 188 Å². The maximum Gasteiger partial charge on any atom is 0.387 e. The monoisotopic (exact) mass is 463 g/mol. The van der Waals surface area contributed by atoms with E-state index < -0.39 is 6.61 Å². The van der Waals surface area contributed by atoms with E-state index in [2.05, 4.69) is 9.73 Å². The van der Waals surface area contributed by atoms with E-state index in [0.717, 1.165) is 11.3 Å². The third-order valence-electron chi connectivity index (χ3n) is 4.26. The van der Waals surface area contributed by atoms with Crippen molar-refractivity contribution in [3.05, 3.63) is 71.4 Å². The van der Waals surface area contributed by atoms with Crippen LogP contribution in [-0.4, -0.2) is 37.5 Å². The van der Waals surface area contributed by atoms with Crippen LogP contribution in [0, 0.1) is 0 Å². The number of hydrogen-bond acceptors (Lipinski definition) is 5. The molecule has 2 aromatic carbocycles. The van der Waals surface area contributed by atoms with Crippen LogP contribution in [0.15, 0.2) is 70.8 Å². The quantitative estimate of drug-likeness (QED) is 0.502. The second-order valence-corrected chi connectivity index (χ2v) is 7.83. The van der Waals surface area contributed by atoms with Crippen LogP contribution in [0.3, 0.4) is 0 Å². The van der Waals surface area contributed by atoms with Gasteiger partial charge in [-0.3, -0.25) is 9.69 Å². The summed E-state index contributed by atoms with van der Waals surface area (Å²) in [5.74, 6) is 0.221. The van der Waals surface area contributed by atoms with Gasteiger partial charge in [-0.25, -0.2) is 4.99 Å². The number of rotatable bonds is 7. The van der Waals surface area contributed by atoms with Gasteiger partial charge in [0.1, 0.15) is 11.4 Å². The van der Waals surface area contributed by atoms with Crippen LogP contribution in [0.1, 0.15) is 5.56 Å². The van der Waals surface area contributed by atoms with Crippen LogP contribution >= 0.6 is 23.4 Å². The van der Waals surface area contributed by atoms with Crippen molar-refractivity contribution >= 4 is 51.9 Å². The molecule has 0 unspecified atom stereocenters. The molecule has 0 atom stereocenters. The van der Waals surface area contributed by atoms with E-state index in [0.29, 0.717) is 16.6 Å². The molecule has 0 aromatic heterocycles. The summed E-state index contributed by atoms with van der Waals surface area (Å²) in [6.07, 6.45) is 3.45. The number of alkyl halides is 2. The lowest BCUT2D eigenvalue weighted by Crippen LogP contribution is -2.30. The zero-order valence-electron chi connectivity index (χ0n) is 16.8. The fourth-order valence-corrected chi connectivity index (χ4v) is 3.80. The van der Waals surface area contributed by atoms with Crippen molar-refractivity contribution in [1.29, 1.82) is 0 Å². The molecule has 1 aliphatic rings. The molecule has 3 rings (SSSR count). The largest absolute Gasteiger partial charge is 0.435 e. The number of aliphatic imine (C=N–C) groups is 1. The van der Waals surface area contributed by atoms with E-state index in [1.807, 2.05) is 43.3 Å². The van der Waals surface area contributed by atoms with Gasteiger partial charge in [-0.05, 0) is 48.0 Å². The number of carbonyl (C=O) groups is 1. The van der Waals surface area contributed by atoms with Crippen molar-refractivity contribution < 1.29 is 18.3 Å². The molecule has 0 bridgehead atoms. The number of halogens is 3. The topological polar surface area (TPSA) is 45.1 Å². The average Bonchev–Trinajstić information content (AvgIpc) is 3.04. The lowest BCUT2D eigenvalue weighted by Gasteiger charge is -2.18. The van der Waals surface area contributed by atoms with Crippen molar-refractivity contribution in [1.82, 2.24) is 0 Å². The Kier molecular flexibility index (Phi) is 7.70. The van der Waals surface area contributed by atoms with Gasteiger partial charge in [-0.1, -0.05) is 41.6 Å². The van der Waals surface area contributed by atoms with E-state index in [-0.39, 0.29) is 17.4 Å². The minimum Gasteiger partial charge on any atom is -0.435 e. The Hall–Kier alpha value is -2.84. The second kappa shape index (κ2) is 10.5.